The number of amides is 1. The molecule has 1 atom stereocenters. The SMILES string of the molecule is Cc1cccc(COCCC2CCOC23CN(C(=O)c2ocnc2C)C3)n1.O=C(O)C(F)(F)F. The van der Waals surface area contributed by atoms with Crippen molar-refractivity contribution in [1.82, 2.24) is 14.9 Å². The number of ether oxygens (including phenoxy) is 2. The first-order valence-electron chi connectivity index (χ1n) is 10.7. The number of alkyl halides is 3. The molecule has 12 heteroatoms. The van der Waals surface area contributed by atoms with Crippen LogP contribution in [0.1, 0.15) is 40.5 Å². The molecule has 0 aromatic carbocycles. The van der Waals surface area contributed by atoms with Gasteiger partial charge in [-0.05, 0) is 44.7 Å². The van der Waals surface area contributed by atoms with Gasteiger partial charge in [-0.3, -0.25) is 9.78 Å². The van der Waals surface area contributed by atoms with E-state index in [2.05, 4.69) is 9.97 Å². The van der Waals surface area contributed by atoms with Crippen molar-refractivity contribution in [3.8, 4) is 0 Å². The van der Waals surface area contributed by atoms with E-state index in [0.717, 1.165) is 30.8 Å². The lowest BCUT2D eigenvalue weighted by atomic mass is 9.79. The van der Waals surface area contributed by atoms with Crippen LogP contribution in [0.15, 0.2) is 29.0 Å². The average Bonchev–Trinajstić information content (AvgIpc) is 3.35. The lowest BCUT2D eigenvalue weighted by Crippen LogP contribution is -2.66. The molecule has 0 bridgehead atoms. The summed E-state index contributed by atoms with van der Waals surface area (Å²) in [7, 11) is 0. The fourth-order valence-corrected chi connectivity index (χ4v) is 4.02. The zero-order valence-electron chi connectivity index (χ0n) is 18.8. The number of pyridine rings is 1. The summed E-state index contributed by atoms with van der Waals surface area (Å²) in [6.07, 6.45) is -1.84. The second-order valence-corrected chi connectivity index (χ2v) is 8.24. The van der Waals surface area contributed by atoms with E-state index in [-0.39, 0.29) is 11.5 Å². The van der Waals surface area contributed by atoms with Crippen molar-refractivity contribution < 1.29 is 41.8 Å². The minimum absolute atomic E-state index is 0.105. The number of carbonyl (C=O) groups is 2. The fraction of sp³-hybridized carbons (Fsp3) is 0.545. The van der Waals surface area contributed by atoms with Crippen molar-refractivity contribution in [2.75, 3.05) is 26.3 Å². The summed E-state index contributed by atoms with van der Waals surface area (Å²) in [5.41, 5.74) is 2.35. The standard InChI is InChI=1S/C20H25N3O4.C2HF3O2/c1-14-4-3-5-17(22-14)10-25-8-6-16-7-9-27-20(16)11-23(12-20)19(24)18-15(2)21-13-26-18;3-2(4,5)1(6)7/h3-5,13,16H,6-12H2,1-2H3;(H,6,7). The molecule has 1 amide bonds. The third-order valence-electron chi connectivity index (χ3n) is 5.79. The first-order valence-corrected chi connectivity index (χ1v) is 10.7. The number of carboxylic acid groups (broad SMARTS) is 1. The third kappa shape index (κ3) is 6.11. The van der Waals surface area contributed by atoms with Gasteiger partial charge in [0, 0.05) is 18.9 Å². The molecule has 2 aromatic heterocycles. The molecule has 2 aliphatic heterocycles. The van der Waals surface area contributed by atoms with Crippen molar-refractivity contribution in [1.29, 1.82) is 0 Å². The fourth-order valence-electron chi connectivity index (χ4n) is 4.02. The van der Waals surface area contributed by atoms with Gasteiger partial charge in [-0.25, -0.2) is 9.78 Å². The van der Waals surface area contributed by atoms with E-state index in [1.165, 1.54) is 6.39 Å². The number of halogens is 3. The summed E-state index contributed by atoms with van der Waals surface area (Å²) >= 11 is 0. The van der Waals surface area contributed by atoms with Crippen LogP contribution >= 0.6 is 0 Å². The van der Waals surface area contributed by atoms with Crippen LogP contribution in [0.4, 0.5) is 13.2 Å². The van der Waals surface area contributed by atoms with Gasteiger partial charge in [-0.15, -0.1) is 0 Å². The lowest BCUT2D eigenvalue weighted by molar-refractivity contribution is -0.192. The second-order valence-electron chi connectivity index (χ2n) is 8.24. The van der Waals surface area contributed by atoms with Crippen molar-refractivity contribution in [2.24, 2.45) is 5.92 Å². The predicted octanol–water partition coefficient (Wildman–Crippen LogP) is 3.16. The van der Waals surface area contributed by atoms with Crippen LogP contribution in [0.3, 0.4) is 0 Å². The first-order chi connectivity index (χ1) is 16.0. The second kappa shape index (κ2) is 10.5. The van der Waals surface area contributed by atoms with Gasteiger partial charge in [-0.2, -0.15) is 13.2 Å². The Morgan fingerprint density at radius 2 is 2.00 bits per heavy atom. The van der Waals surface area contributed by atoms with E-state index in [9.17, 15) is 18.0 Å². The summed E-state index contributed by atoms with van der Waals surface area (Å²) in [6.45, 7) is 6.91. The summed E-state index contributed by atoms with van der Waals surface area (Å²) < 4.78 is 48.8. The van der Waals surface area contributed by atoms with Gasteiger partial charge in [0.25, 0.3) is 5.91 Å². The topological polar surface area (TPSA) is 115 Å². The molecule has 186 valence electrons. The number of likely N-dealkylation sites (tertiary alicyclic amines) is 1. The van der Waals surface area contributed by atoms with Crippen molar-refractivity contribution >= 4 is 11.9 Å². The Balaban J connectivity index is 0.000000406. The van der Waals surface area contributed by atoms with E-state index in [1.54, 1.807) is 11.8 Å². The highest BCUT2D eigenvalue weighted by molar-refractivity contribution is 5.93. The zero-order valence-corrected chi connectivity index (χ0v) is 18.8. The van der Waals surface area contributed by atoms with E-state index >= 15 is 0 Å². The van der Waals surface area contributed by atoms with Crippen LogP contribution in [-0.4, -0.2) is 69.9 Å². The van der Waals surface area contributed by atoms with Crippen molar-refractivity contribution in [3.05, 3.63) is 47.4 Å². The average molecular weight is 485 g/mol. The molecule has 34 heavy (non-hydrogen) atoms. The first kappa shape index (κ1) is 25.6. The molecule has 2 aromatic rings. The number of hydrogen-bond donors (Lipinski definition) is 1. The third-order valence-corrected chi connectivity index (χ3v) is 5.79. The summed E-state index contributed by atoms with van der Waals surface area (Å²) in [5.74, 6) is -2.13. The highest BCUT2D eigenvalue weighted by Gasteiger charge is 2.54. The number of carboxylic acids is 1. The maximum atomic E-state index is 12.5. The highest BCUT2D eigenvalue weighted by Crippen LogP contribution is 2.42. The van der Waals surface area contributed by atoms with Crippen molar-refractivity contribution in [3.63, 3.8) is 0 Å². The van der Waals surface area contributed by atoms with Crippen LogP contribution in [0, 0.1) is 19.8 Å². The number of aliphatic carboxylic acids is 1. The normalized spacial score (nSPS) is 18.9. The van der Waals surface area contributed by atoms with Crippen LogP contribution in [0.25, 0.3) is 0 Å². The molecule has 0 saturated carbocycles. The minimum Gasteiger partial charge on any atom is -0.475 e. The molecule has 1 N–H and O–H groups in total. The highest BCUT2D eigenvalue weighted by atomic mass is 19.4. The largest absolute Gasteiger partial charge is 0.490 e. The maximum Gasteiger partial charge on any atom is 0.490 e. The number of oxazole rings is 1. The summed E-state index contributed by atoms with van der Waals surface area (Å²) in [6, 6.07) is 5.96. The van der Waals surface area contributed by atoms with E-state index in [4.69, 9.17) is 23.8 Å². The molecule has 1 spiro atoms. The monoisotopic (exact) mass is 485 g/mol. The molecular formula is C22H26F3N3O6. The van der Waals surface area contributed by atoms with Crippen LogP contribution < -0.4 is 0 Å². The van der Waals surface area contributed by atoms with Gasteiger partial charge >= 0.3 is 12.1 Å². The molecule has 2 aliphatic rings. The Kier molecular flexibility index (Phi) is 7.93. The Bertz CT molecular complexity index is 1000. The van der Waals surface area contributed by atoms with Gasteiger partial charge in [0.15, 0.2) is 6.39 Å². The Hall–Kier alpha value is -2.99. The van der Waals surface area contributed by atoms with E-state index in [1.807, 2.05) is 25.1 Å². The minimum atomic E-state index is -5.08. The van der Waals surface area contributed by atoms with Gasteiger partial charge in [0.05, 0.1) is 31.1 Å². The molecular weight excluding hydrogens is 459 g/mol. The van der Waals surface area contributed by atoms with Crippen LogP contribution in [0.5, 0.6) is 0 Å². The molecule has 1 unspecified atom stereocenters. The summed E-state index contributed by atoms with van der Waals surface area (Å²) in [5, 5.41) is 7.12. The number of aryl methyl sites for hydroxylation is 2. The van der Waals surface area contributed by atoms with Gasteiger partial charge < -0.3 is 23.9 Å². The van der Waals surface area contributed by atoms with Crippen LogP contribution in [0.2, 0.25) is 0 Å². The van der Waals surface area contributed by atoms with Gasteiger partial charge in [-0.1, -0.05) is 6.07 Å². The molecule has 9 nitrogen and oxygen atoms in total. The molecule has 4 rings (SSSR count). The molecule has 0 radical (unpaired) electrons. The van der Waals surface area contributed by atoms with E-state index < -0.39 is 12.1 Å². The van der Waals surface area contributed by atoms with Gasteiger partial charge in [0.1, 0.15) is 5.60 Å². The number of carbonyl (C=O) groups excluding carboxylic acids is 1. The number of hydrogen-bond acceptors (Lipinski definition) is 7. The van der Waals surface area contributed by atoms with Gasteiger partial charge in [0.2, 0.25) is 5.76 Å². The lowest BCUT2D eigenvalue weighted by Gasteiger charge is -2.50. The van der Waals surface area contributed by atoms with Crippen LogP contribution in [-0.2, 0) is 20.9 Å². The maximum absolute atomic E-state index is 12.5. The Morgan fingerprint density at radius 1 is 1.29 bits per heavy atom. The summed E-state index contributed by atoms with van der Waals surface area (Å²) in [4.78, 5) is 31.6. The van der Waals surface area contributed by atoms with E-state index in [0.29, 0.717) is 43.7 Å². The number of rotatable bonds is 6. The predicted molar refractivity (Wildman–Crippen MR) is 111 cm³/mol. The Labute approximate surface area is 193 Å². The molecule has 2 saturated heterocycles. The number of aromatic nitrogens is 2. The smallest absolute Gasteiger partial charge is 0.475 e. The quantitative estimate of drug-likeness (QED) is 0.621. The van der Waals surface area contributed by atoms with Crippen molar-refractivity contribution in [2.45, 2.75) is 45.1 Å². The zero-order chi connectivity index (χ0) is 24.9. The molecule has 0 aliphatic carbocycles. The molecule has 2 fully saturated rings. The Morgan fingerprint density at radius 3 is 2.59 bits per heavy atom. The molecule has 4 heterocycles. The number of nitrogens with zero attached hydrogens (tertiary/aromatic N) is 3.